The van der Waals surface area contributed by atoms with Gasteiger partial charge in [-0.3, -0.25) is 9.79 Å². The molecule has 0 bridgehead atoms. The van der Waals surface area contributed by atoms with Crippen LogP contribution in [-0.2, 0) is 11.2 Å². The summed E-state index contributed by atoms with van der Waals surface area (Å²) in [5, 5.41) is 10.9. The Labute approximate surface area is 178 Å². The number of aliphatic hydroxyl groups excluding tert-OH is 1. The Morgan fingerprint density at radius 3 is 2.40 bits per heavy atom. The minimum absolute atomic E-state index is 0.0544. The molecule has 1 atom stereocenters. The highest BCUT2D eigenvalue weighted by atomic mass is 16.5. The van der Waals surface area contributed by atoms with Crippen molar-refractivity contribution >= 4 is 11.5 Å². The molecule has 1 aliphatic carbocycles. The van der Waals surface area contributed by atoms with Crippen LogP contribution in [0.25, 0.3) is 0 Å². The molecular formula is C25H29NO4. The average molecular weight is 408 g/mol. The molecule has 3 rings (SSSR count). The third-order valence-electron chi connectivity index (χ3n) is 5.25. The molecule has 30 heavy (non-hydrogen) atoms. The molecule has 0 amide bonds. The summed E-state index contributed by atoms with van der Waals surface area (Å²) in [7, 11) is 1.67. The molecule has 5 nitrogen and oxygen atoms in total. The first-order valence-electron chi connectivity index (χ1n) is 10.4. The van der Waals surface area contributed by atoms with Crippen molar-refractivity contribution in [2.45, 2.75) is 39.0 Å². The second kappa shape index (κ2) is 10.1. The van der Waals surface area contributed by atoms with E-state index in [9.17, 15) is 9.90 Å². The number of rotatable bonds is 7. The molecule has 0 radical (unpaired) electrons. The SMILES string of the molecule is CCOc1ccc(CC(O)=C2C(=O)C[C@H](c3ccccc3)CC2=NC)cc1OCC. The first kappa shape index (κ1) is 21.6. The number of allylic oxidation sites excluding steroid dienone is 2. The molecule has 1 N–H and O–H groups in total. The molecule has 5 heteroatoms. The van der Waals surface area contributed by atoms with E-state index in [1.54, 1.807) is 7.05 Å². The molecule has 0 unspecified atom stereocenters. The van der Waals surface area contributed by atoms with Crippen molar-refractivity contribution in [2.24, 2.45) is 4.99 Å². The Morgan fingerprint density at radius 1 is 1.03 bits per heavy atom. The maximum atomic E-state index is 12.9. The lowest BCUT2D eigenvalue weighted by atomic mass is 9.78. The van der Waals surface area contributed by atoms with Crippen molar-refractivity contribution in [3.8, 4) is 11.5 Å². The predicted molar refractivity (Wildman–Crippen MR) is 119 cm³/mol. The highest BCUT2D eigenvalue weighted by Crippen LogP contribution is 2.34. The monoisotopic (exact) mass is 407 g/mol. The Morgan fingerprint density at radius 2 is 1.73 bits per heavy atom. The van der Waals surface area contributed by atoms with E-state index in [0.717, 1.165) is 11.1 Å². The summed E-state index contributed by atoms with van der Waals surface area (Å²) in [6.07, 6.45) is 1.25. The Bertz CT molecular complexity index is 947. The van der Waals surface area contributed by atoms with Crippen molar-refractivity contribution in [1.82, 2.24) is 0 Å². The molecule has 0 heterocycles. The summed E-state index contributed by atoms with van der Waals surface area (Å²) in [6, 6.07) is 15.6. The van der Waals surface area contributed by atoms with Gasteiger partial charge in [-0.25, -0.2) is 0 Å². The van der Waals surface area contributed by atoms with Crippen molar-refractivity contribution in [2.75, 3.05) is 20.3 Å². The first-order chi connectivity index (χ1) is 14.6. The maximum Gasteiger partial charge on any atom is 0.168 e. The number of aliphatic hydroxyl groups is 1. The van der Waals surface area contributed by atoms with Crippen LogP contribution in [0.4, 0.5) is 0 Å². The lowest BCUT2D eigenvalue weighted by Crippen LogP contribution is -2.27. The first-order valence-corrected chi connectivity index (χ1v) is 10.4. The maximum absolute atomic E-state index is 12.9. The number of hydrogen-bond acceptors (Lipinski definition) is 5. The lowest BCUT2D eigenvalue weighted by Gasteiger charge is -2.25. The molecule has 1 saturated carbocycles. The van der Waals surface area contributed by atoms with Crippen LogP contribution in [0, 0.1) is 0 Å². The lowest BCUT2D eigenvalue weighted by molar-refractivity contribution is -0.115. The second-order valence-corrected chi connectivity index (χ2v) is 7.25. The van der Waals surface area contributed by atoms with E-state index in [4.69, 9.17) is 9.47 Å². The molecule has 0 aromatic heterocycles. The van der Waals surface area contributed by atoms with Gasteiger partial charge in [0.05, 0.1) is 18.8 Å². The van der Waals surface area contributed by atoms with E-state index in [1.807, 2.05) is 62.4 Å². The van der Waals surface area contributed by atoms with Crippen LogP contribution in [0.5, 0.6) is 11.5 Å². The topological polar surface area (TPSA) is 68.1 Å². The molecule has 1 aliphatic rings. The number of hydrogen-bond donors (Lipinski definition) is 1. The fraction of sp³-hybridized carbons (Fsp3) is 0.360. The summed E-state index contributed by atoms with van der Waals surface area (Å²) in [6.45, 7) is 4.89. The molecule has 158 valence electrons. The van der Waals surface area contributed by atoms with E-state index in [-0.39, 0.29) is 23.9 Å². The standard InChI is InChI=1S/C25H29NO4/c1-4-29-23-12-11-17(14-24(23)30-5-2)13-21(27)25-20(26-3)15-19(16-22(25)28)18-9-7-6-8-10-18/h6-12,14,19,27H,4-5,13,15-16H2,1-3H3/t19-/m1/s1. The van der Waals surface area contributed by atoms with Gasteiger partial charge in [0, 0.05) is 25.6 Å². The molecule has 0 saturated heterocycles. The van der Waals surface area contributed by atoms with Crippen molar-refractivity contribution in [3.05, 3.63) is 71.0 Å². The average Bonchev–Trinajstić information content (AvgIpc) is 2.75. The number of Topliss-reactive ketones (excluding diaryl/α,β-unsaturated/α-hetero) is 1. The van der Waals surface area contributed by atoms with Gasteiger partial charge in [-0.05, 0) is 49.4 Å². The van der Waals surface area contributed by atoms with E-state index < -0.39 is 0 Å². The number of nitrogens with zero attached hydrogens (tertiary/aromatic N) is 1. The van der Waals surface area contributed by atoms with Gasteiger partial charge in [-0.2, -0.15) is 0 Å². The van der Waals surface area contributed by atoms with Crippen LogP contribution in [-0.4, -0.2) is 36.9 Å². The van der Waals surface area contributed by atoms with Crippen LogP contribution in [0.15, 0.2) is 64.9 Å². The van der Waals surface area contributed by atoms with Gasteiger partial charge >= 0.3 is 0 Å². The number of carbonyl (C=O) groups excluding carboxylic acids is 1. The van der Waals surface area contributed by atoms with Gasteiger partial charge < -0.3 is 14.6 Å². The summed E-state index contributed by atoms with van der Waals surface area (Å²) in [4.78, 5) is 17.3. The number of ketones is 1. The minimum Gasteiger partial charge on any atom is -0.511 e. The zero-order valence-corrected chi connectivity index (χ0v) is 17.9. The highest BCUT2D eigenvalue weighted by Gasteiger charge is 2.32. The van der Waals surface area contributed by atoms with E-state index in [0.29, 0.717) is 48.8 Å². The van der Waals surface area contributed by atoms with Crippen molar-refractivity contribution in [1.29, 1.82) is 0 Å². The normalized spacial score (nSPS) is 19.6. The molecular weight excluding hydrogens is 378 g/mol. The number of aliphatic imine (C=N–C) groups is 1. The predicted octanol–water partition coefficient (Wildman–Crippen LogP) is 5.06. The number of carbonyl (C=O) groups is 1. The Hall–Kier alpha value is -3.08. The van der Waals surface area contributed by atoms with E-state index in [2.05, 4.69) is 4.99 Å². The van der Waals surface area contributed by atoms with E-state index in [1.165, 1.54) is 0 Å². The molecule has 0 aliphatic heterocycles. The van der Waals surface area contributed by atoms with Gasteiger partial charge in [0.15, 0.2) is 17.3 Å². The van der Waals surface area contributed by atoms with Gasteiger partial charge in [0.25, 0.3) is 0 Å². The second-order valence-electron chi connectivity index (χ2n) is 7.25. The summed E-state index contributed by atoms with van der Waals surface area (Å²) in [5.74, 6) is 1.38. The smallest absolute Gasteiger partial charge is 0.168 e. The van der Waals surface area contributed by atoms with Gasteiger partial charge in [-0.1, -0.05) is 36.4 Å². The summed E-state index contributed by atoms with van der Waals surface area (Å²) < 4.78 is 11.3. The molecule has 0 spiro atoms. The molecule has 2 aromatic carbocycles. The van der Waals surface area contributed by atoms with Gasteiger partial charge in [0.2, 0.25) is 0 Å². The van der Waals surface area contributed by atoms with E-state index >= 15 is 0 Å². The summed E-state index contributed by atoms with van der Waals surface area (Å²) >= 11 is 0. The van der Waals surface area contributed by atoms with Crippen LogP contribution >= 0.6 is 0 Å². The van der Waals surface area contributed by atoms with Crippen molar-refractivity contribution in [3.63, 3.8) is 0 Å². The van der Waals surface area contributed by atoms with Crippen LogP contribution < -0.4 is 9.47 Å². The highest BCUT2D eigenvalue weighted by molar-refractivity contribution is 6.24. The van der Waals surface area contributed by atoms with Gasteiger partial charge in [0.1, 0.15) is 5.76 Å². The third kappa shape index (κ3) is 4.90. The zero-order chi connectivity index (χ0) is 21.5. The van der Waals surface area contributed by atoms with Crippen molar-refractivity contribution < 1.29 is 19.4 Å². The Balaban J connectivity index is 1.85. The Kier molecular flexibility index (Phi) is 7.28. The quantitative estimate of drug-likeness (QED) is 0.515. The number of ether oxygens (including phenoxy) is 2. The molecule has 1 fully saturated rings. The van der Waals surface area contributed by atoms with Crippen LogP contribution in [0.3, 0.4) is 0 Å². The zero-order valence-electron chi connectivity index (χ0n) is 17.9. The fourth-order valence-corrected chi connectivity index (χ4v) is 3.87. The van der Waals surface area contributed by atoms with Crippen LogP contribution in [0.2, 0.25) is 0 Å². The third-order valence-corrected chi connectivity index (χ3v) is 5.25. The van der Waals surface area contributed by atoms with Crippen LogP contribution in [0.1, 0.15) is 43.7 Å². The fourth-order valence-electron chi connectivity index (χ4n) is 3.87. The molecule has 2 aromatic rings. The summed E-state index contributed by atoms with van der Waals surface area (Å²) in [5.41, 5.74) is 2.99. The number of benzene rings is 2. The minimum atomic E-state index is -0.0656. The van der Waals surface area contributed by atoms with Gasteiger partial charge in [-0.15, -0.1) is 0 Å². The largest absolute Gasteiger partial charge is 0.511 e.